The number of piperidine rings is 1. The second-order valence-electron chi connectivity index (χ2n) is 10.1. The van der Waals surface area contributed by atoms with Crippen molar-refractivity contribution in [2.24, 2.45) is 5.73 Å². The molecule has 0 amide bonds. The maximum atomic E-state index is 15.0. The summed E-state index contributed by atoms with van der Waals surface area (Å²) in [5, 5.41) is 5.16. The van der Waals surface area contributed by atoms with Crippen LogP contribution in [-0.4, -0.2) is 62.3 Å². The van der Waals surface area contributed by atoms with Gasteiger partial charge in [0, 0.05) is 85.1 Å². The lowest BCUT2D eigenvalue weighted by Gasteiger charge is -2.46. The van der Waals surface area contributed by atoms with E-state index in [1.165, 1.54) is 6.07 Å². The molecule has 9 nitrogen and oxygen atoms in total. The van der Waals surface area contributed by atoms with Crippen LogP contribution in [0.3, 0.4) is 0 Å². The molecule has 0 bridgehead atoms. The Bertz CT molecular complexity index is 1600. The van der Waals surface area contributed by atoms with E-state index in [4.69, 9.17) is 5.73 Å². The molecule has 2 aliphatic heterocycles. The summed E-state index contributed by atoms with van der Waals surface area (Å²) in [6.07, 6.45) is 8.45. The first-order chi connectivity index (χ1) is 18.2. The Morgan fingerprint density at radius 1 is 1.16 bits per heavy atom. The first kappa shape index (κ1) is 25.0. The van der Waals surface area contributed by atoms with Crippen LogP contribution in [0.5, 0.6) is 0 Å². The van der Waals surface area contributed by atoms with Crippen LogP contribution in [0.25, 0.3) is 10.9 Å². The van der Waals surface area contributed by atoms with Gasteiger partial charge in [-0.1, -0.05) is 0 Å². The number of benzene rings is 1. The van der Waals surface area contributed by atoms with Crippen molar-refractivity contribution in [1.82, 2.24) is 29.0 Å². The van der Waals surface area contributed by atoms with Crippen LogP contribution in [0, 0.1) is 11.6 Å². The molecule has 5 heterocycles. The summed E-state index contributed by atoms with van der Waals surface area (Å²) in [7, 11) is -3.46. The molecular weight excluding hydrogens is 512 g/mol. The van der Waals surface area contributed by atoms with E-state index in [0.29, 0.717) is 32.6 Å². The average Bonchev–Trinajstić information content (AvgIpc) is 3.46. The smallest absolute Gasteiger partial charge is 0.250 e. The molecular formula is C26H27F2N7O2S. The minimum atomic E-state index is -3.46. The van der Waals surface area contributed by atoms with E-state index < -0.39 is 33.7 Å². The van der Waals surface area contributed by atoms with E-state index in [0.717, 1.165) is 50.2 Å². The number of hydrogen-bond donors (Lipinski definition) is 1. The third-order valence-corrected chi connectivity index (χ3v) is 8.33. The highest BCUT2D eigenvalue weighted by molar-refractivity contribution is 7.89. The lowest BCUT2D eigenvalue weighted by molar-refractivity contribution is 0.0364. The van der Waals surface area contributed by atoms with Gasteiger partial charge in [-0.15, -0.1) is 0 Å². The summed E-state index contributed by atoms with van der Waals surface area (Å²) in [6.45, 7) is 1.95. The molecule has 38 heavy (non-hydrogen) atoms. The van der Waals surface area contributed by atoms with Crippen molar-refractivity contribution in [1.29, 1.82) is 0 Å². The van der Waals surface area contributed by atoms with Gasteiger partial charge in [-0.2, -0.15) is 9.19 Å². The first-order valence-electron chi connectivity index (χ1n) is 12.3. The zero-order valence-corrected chi connectivity index (χ0v) is 21.5. The molecule has 2 N–H and O–H groups in total. The summed E-state index contributed by atoms with van der Waals surface area (Å²) in [6, 6.07) is 6.22. The molecule has 198 valence electrons. The van der Waals surface area contributed by atoms with Gasteiger partial charge in [-0.3, -0.25) is 19.8 Å². The average molecular weight is 540 g/mol. The van der Waals surface area contributed by atoms with Gasteiger partial charge in [0.15, 0.2) is 0 Å². The van der Waals surface area contributed by atoms with E-state index in [9.17, 15) is 12.8 Å². The molecule has 3 aromatic heterocycles. The number of fused-ring (bicyclic) bond motifs is 2. The molecule has 0 spiro atoms. The predicted molar refractivity (Wildman–Crippen MR) is 137 cm³/mol. The zero-order valence-electron chi connectivity index (χ0n) is 20.7. The molecule has 1 saturated heterocycles. The van der Waals surface area contributed by atoms with Crippen molar-refractivity contribution in [2.75, 3.05) is 12.8 Å². The second kappa shape index (κ2) is 9.45. The Morgan fingerprint density at radius 2 is 2.00 bits per heavy atom. The largest absolute Gasteiger partial charge is 0.326 e. The van der Waals surface area contributed by atoms with Crippen molar-refractivity contribution in [3.8, 4) is 0 Å². The van der Waals surface area contributed by atoms with Gasteiger partial charge in [0.25, 0.3) is 10.0 Å². The number of nitrogens with two attached hydrogens (primary N) is 1. The molecule has 6 rings (SSSR count). The Kier molecular flexibility index (Phi) is 6.22. The van der Waals surface area contributed by atoms with Crippen LogP contribution in [0.4, 0.5) is 8.78 Å². The molecule has 4 aromatic rings. The second-order valence-corrected chi connectivity index (χ2v) is 11.9. The van der Waals surface area contributed by atoms with Gasteiger partial charge in [0.2, 0.25) is 0 Å². The highest BCUT2D eigenvalue weighted by Crippen LogP contribution is 2.37. The number of aromatic nitrogens is 4. The van der Waals surface area contributed by atoms with Crippen LogP contribution in [0.2, 0.25) is 0 Å². The molecule has 3 atom stereocenters. The number of pyridine rings is 2. The summed E-state index contributed by atoms with van der Waals surface area (Å²) in [4.78, 5) is 13.2. The SMILES string of the molecule is CS(=O)(=O)n1cc2c(n1)CN([C@@H]1C[C@H](N)[C@@H](c3cc(F)ccc3F)N(Cc3cncc4cccnc34)C1)C2. The lowest BCUT2D eigenvalue weighted by atomic mass is 9.87. The van der Waals surface area contributed by atoms with Gasteiger partial charge >= 0.3 is 0 Å². The fourth-order valence-electron chi connectivity index (χ4n) is 5.74. The van der Waals surface area contributed by atoms with Crippen LogP contribution >= 0.6 is 0 Å². The van der Waals surface area contributed by atoms with Crippen molar-refractivity contribution < 1.29 is 17.2 Å². The fraction of sp³-hybridized carbons (Fsp3) is 0.346. The summed E-state index contributed by atoms with van der Waals surface area (Å²) in [5.41, 5.74) is 10.2. The van der Waals surface area contributed by atoms with Crippen molar-refractivity contribution in [3.05, 3.63) is 89.1 Å². The van der Waals surface area contributed by atoms with Gasteiger partial charge in [-0.25, -0.2) is 17.2 Å². The number of hydrogen-bond acceptors (Lipinski definition) is 8. The number of rotatable bonds is 5. The van der Waals surface area contributed by atoms with Gasteiger partial charge in [0.05, 0.1) is 23.5 Å². The Morgan fingerprint density at radius 3 is 2.79 bits per heavy atom. The molecule has 0 saturated carbocycles. The van der Waals surface area contributed by atoms with Gasteiger partial charge < -0.3 is 5.73 Å². The minimum Gasteiger partial charge on any atom is -0.326 e. The maximum Gasteiger partial charge on any atom is 0.250 e. The molecule has 1 aromatic carbocycles. The minimum absolute atomic E-state index is 0.00495. The molecule has 12 heteroatoms. The molecule has 0 unspecified atom stereocenters. The monoisotopic (exact) mass is 539 g/mol. The summed E-state index contributed by atoms with van der Waals surface area (Å²) >= 11 is 0. The highest BCUT2D eigenvalue weighted by Gasteiger charge is 2.41. The van der Waals surface area contributed by atoms with Crippen LogP contribution in [0.1, 0.15) is 34.8 Å². The van der Waals surface area contributed by atoms with Crippen molar-refractivity contribution in [2.45, 2.75) is 44.2 Å². The van der Waals surface area contributed by atoms with Crippen molar-refractivity contribution >= 4 is 20.9 Å². The van der Waals surface area contributed by atoms with Crippen LogP contribution < -0.4 is 5.73 Å². The quantitative estimate of drug-likeness (QED) is 0.412. The Labute approximate surface area is 218 Å². The lowest BCUT2D eigenvalue weighted by Crippen LogP contribution is -2.55. The van der Waals surface area contributed by atoms with Gasteiger partial charge in [-0.05, 0) is 36.8 Å². The first-order valence-corrected chi connectivity index (χ1v) is 14.2. The van der Waals surface area contributed by atoms with E-state index in [1.807, 2.05) is 12.1 Å². The number of nitrogens with zero attached hydrogens (tertiary/aromatic N) is 6. The summed E-state index contributed by atoms with van der Waals surface area (Å²) < 4.78 is 54.1. The predicted octanol–water partition coefficient (Wildman–Crippen LogP) is 2.57. The molecule has 1 fully saturated rings. The third kappa shape index (κ3) is 4.57. The third-order valence-electron chi connectivity index (χ3n) is 7.46. The molecule has 0 radical (unpaired) electrons. The van der Waals surface area contributed by atoms with Gasteiger partial charge in [0.1, 0.15) is 11.6 Å². The normalized spacial score (nSPS) is 22.7. The topological polar surface area (TPSA) is 110 Å². The zero-order chi connectivity index (χ0) is 26.6. The number of halogens is 2. The van der Waals surface area contributed by atoms with Crippen LogP contribution in [-0.2, 0) is 29.7 Å². The fourth-order valence-corrected chi connectivity index (χ4v) is 6.31. The van der Waals surface area contributed by atoms with Crippen molar-refractivity contribution in [3.63, 3.8) is 0 Å². The van der Waals surface area contributed by atoms with E-state index in [2.05, 4.69) is 24.9 Å². The molecule has 0 aliphatic carbocycles. The van der Waals surface area contributed by atoms with E-state index in [-0.39, 0.29) is 11.6 Å². The maximum absolute atomic E-state index is 15.0. The Balaban J connectivity index is 1.33. The number of likely N-dealkylation sites (tertiary alicyclic amines) is 1. The van der Waals surface area contributed by atoms with E-state index >= 15 is 4.39 Å². The van der Waals surface area contributed by atoms with Crippen LogP contribution in [0.15, 0.2) is 55.1 Å². The standard InChI is InChI=1S/C26H27F2N7O2S/c1-38(36,37)35-13-18-12-33(15-24(18)32-35)20-8-23(29)26(21-7-19(27)4-5-22(21)28)34(14-20)11-17-10-30-9-16-3-2-6-31-25(16)17/h2-7,9-10,13,20,23,26H,8,11-12,14-15,29H2,1H3/t20-,23+,26-/m1/s1. The Hall–Kier alpha value is -3.32. The summed E-state index contributed by atoms with van der Waals surface area (Å²) in [5.74, 6) is -1.02. The van der Waals surface area contributed by atoms with E-state index in [1.54, 1.807) is 24.8 Å². The highest BCUT2D eigenvalue weighted by atomic mass is 32.2. The molecule has 2 aliphatic rings.